The predicted molar refractivity (Wildman–Crippen MR) is 90.7 cm³/mol. The lowest BCUT2D eigenvalue weighted by Gasteiger charge is -2.19. The van der Waals surface area contributed by atoms with Gasteiger partial charge in [-0.3, -0.25) is 0 Å². The molecule has 0 fully saturated rings. The molecule has 0 aliphatic heterocycles. The van der Waals surface area contributed by atoms with Crippen molar-refractivity contribution in [1.29, 1.82) is 0 Å². The van der Waals surface area contributed by atoms with Gasteiger partial charge in [0.25, 0.3) is 0 Å². The number of pyridine rings is 1. The summed E-state index contributed by atoms with van der Waals surface area (Å²) in [6.07, 6.45) is 3.05. The lowest BCUT2D eigenvalue weighted by Crippen LogP contribution is -2.68. The van der Waals surface area contributed by atoms with Crippen molar-refractivity contribution in [2.75, 3.05) is 0 Å². The van der Waals surface area contributed by atoms with Crippen LogP contribution in [-0.2, 0) is 19.3 Å². The fourth-order valence-corrected chi connectivity index (χ4v) is 3.52. The van der Waals surface area contributed by atoms with Crippen LogP contribution >= 0.6 is 23.6 Å². The van der Waals surface area contributed by atoms with E-state index >= 15 is 0 Å². The number of rotatable bonds is 4. The Morgan fingerprint density at radius 1 is 1.12 bits per heavy atom. The first-order valence-electron chi connectivity index (χ1n) is 8.08. The molecule has 2 aromatic heterocycles. The van der Waals surface area contributed by atoms with Crippen molar-refractivity contribution in [3.63, 3.8) is 0 Å². The Bertz CT molecular complexity index is 748. The van der Waals surface area contributed by atoms with Crippen molar-refractivity contribution in [3.05, 3.63) is 33.0 Å². The van der Waals surface area contributed by atoms with Crippen molar-refractivity contribution < 1.29 is 33.4 Å². The van der Waals surface area contributed by atoms with Gasteiger partial charge >= 0.3 is 5.13 Å². The van der Waals surface area contributed by atoms with Crippen LogP contribution in [0.2, 0.25) is 0 Å². The van der Waals surface area contributed by atoms with E-state index in [0.717, 1.165) is 28.3 Å². The number of hydrogen-bond acceptors (Lipinski definition) is 7. The van der Waals surface area contributed by atoms with Crippen LogP contribution < -0.4 is 23.2 Å². The minimum atomic E-state index is -4.94. The summed E-state index contributed by atoms with van der Waals surface area (Å²) in [5.41, 5.74) is 4.30. The second kappa shape index (κ2) is 9.32. The molecule has 0 aromatic carbocycles. The first-order chi connectivity index (χ1) is 11.8. The maximum Gasteiger partial charge on any atom is 0.413 e. The van der Waals surface area contributed by atoms with Gasteiger partial charge in [-0.25, -0.2) is 18.6 Å². The minimum Gasteiger partial charge on any atom is -0.222 e. The molecular weight excluding hydrogens is 398 g/mol. The highest BCUT2D eigenvalue weighted by atomic mass is 35.7. The number of nitrogens with one attached hydrogen (secondary N) is 1. The van der Waals surface area contributed by atoms with Gasteiger partial charge < -0.3 is 0 Å². The van der Waals surface area contributed by atoms with Gasteiger partial charge in [0.15, 0.2) is 0 Å². The third kappa shape index (κ3) is 8.17. The Labute approximate surface area is 164 Å². The number of H-pyrrole nitrogens is 1. The van der Waals surface area contributed by atoms with E-state index < -0.39 is 10.2 Å². The Balaban J connectivity index is 0.000000597. The van der Waals surface area contributed by atoms with Crippen LogP contribution in [0.15, 0.2) is 12.1 Å². The molecule has 0 aliphatic rings. The fraction of sp³-hybridized carbons (Fsp3) is 0.562. The number of aromatic amines is 1. The summed E-state index contributed by atoms with van der Waals surface area (Å²) < 4.78 is 36.9. The van der Waals surface area contributed by atoms with Crippen molar-refractivity contribution >= 4 is 23.6 Å². The Hall–Kier alpha value is -0.940. The summed E-state index contributed by atoms with van der Waals surface area (Å²) in [7, 11) is -4.94. The molecule has 26 heavy (non-hydrogen) atoms. The van der Waals surface area contributed by atoms with Crippen LogP contribution in [0, 0.1) is 19.6 Å². The Morgan fingerprint density at radius 3 is 1.88 bits per heavy atom. The molecule has 0 saturated heterocycles. The summed E-state index contributed by atoms with van der Waals surface area (Å²) in [6, 6.07) is 4.63. The van der Waals surface area contributed by atoms with Crippen LogP contribution in [0.25, 0.3) is 5.13 Å². The van der Waals surface area contributed by atoms with Gasteiger partial charge in [-0.2, -0.15) is 9.67 Å². The average molecular weight is 422 g/mol. The fourth-order valence-electron chi connectivity index (χ4n) is 2.58. The highest BCUT2D eigenvalue weighted by Gasteiger charge is 2.22. The summed E-state index contributed by atoms with van der Waals surface area (Å²) in [4.78, 5) is 0. The van der Waals surface area contributed by atoms with Gasteiger partial charge in [-0.05, 0) is 53.1 Å². The molecule has 0 saturated carbocycles. The first-order valence-corrected chi connectivity index (χ1v) is 10.5. The third-order valence-electron chi connectivity index (χ3n) is 3.36. The van der Waals surface area contributed by atoms with Crippen LogP contribution in [-0.4, -0.2) is 10.2 Å². The molecule has 1 N–H and O–H groups in total. The molecule has 0 amide bonds. The zero-order valence-corrected chi connectivity index (χ0v) is 17.9. The van der Waals surface area contributed by atoms with E-state index in [1.54, 1.807) is 0 Å². The number of aryl methyl sites for hydroxylation is 2. The van der Waals surface area contributed by atoms with E-state index in [1.165, 1.54) is 28.3 Å². The first kappa shape index (κ1) is 23.1. The molecule has 0 spiro atoms. The highest BCUT2D eigenvalue weighted by molar-refractivity contribution is 7.73. The summed E-state index contributed by atoms with van der Waals surface area (Å²) in [6.45, 7) is 11.2. The summed E-state index contributed by atoms with van der Waals surface area (Å²) in [5.74, 6) is 0. The van der Waals surface area contributed by atoms with Gasteiger partial charge in [0.05, 0.1) is 5.10 Å². The van der Waals surface area contributed by atoms with Crippen molar-refractivity contribution in [1.82, 2.24) is 10.2 Å². The SMILES string of the molecule is CCc1cc(CC(C)(C)C)cc(CC)[n+]1-c1n[nH]c(=S)s1.[O-][Cl+3]([O-])([O-])[O-]. The predicted octanol–water partition coefficient (Wildman–Crippen LogP) is -0.565. The Morgan fingerprint density at radius 2 is 1.58 bits per heavy atom. The second-order valence-electron chi connectivity index (χ2n) is 6.90. The van der Waals surface area contributed by atoms with E-state index in [1.807, 2.05) is 0 Å². The molecule has 0 bridgehead atoms. The lowest BCUT2D eigenvalue weighted by atomic mass is 9.87. The van der Waals surface area contributed by atoms with Gasteiger partial charge in [-0.1, -0.05) is 34.6 Å². The van der Waals surface area contributed by atoms with Gasteiger partial charge in [-0.15, -0.1) is 10.2 Å². The van der Waals surface area contributed by atoms with Gasteiger partial charge in [0.1, 0.15) is 11.4 Å². The quantitative estimate of drug-likeness (QED) is 0.520. The molecule has 7 nitrogen and oxygen atoms in total. The monoisotopic (exact) mass is 421 g/mol. The maximum atomic E-state index is 8.49. The van der Waals surface area contributed by atoms with Gasteiger partial charge in [0, 0.05) is 12.8 Å². The zero-order chi connectivity index (χ0) is 20.1. The minimum absolute atomic E-state index is 0.297. The molecule has 2 heterocycles. The molecular formula is C16H24ClN3O4S2. The topological polar surface area (TPSA) is 125 Å². The summed E-state index contributed by atoms with van der Waals surface area (Å²) in [5, 5.41) is 8.19. The normalized spacial score (nSPS) is 11.9. The van der Waals surface area contributed by atoms with Crippen molar-refractivity contribution in [3.8, 4) is 5.13 Å². The lowest BCUT2D eigenvalue weighted by molar-refractivity contribution is -2.00. The second-order valence-corrected chi connectivity index (χ2v) is 9.30. The average Bonchev–Trinajstić information content (AvgIpc) is 2.88. The third-order valence-corrected chi connectivity index (χ3v) is 4.43. The molecule has 2 rings (SSSR count). The molecule has 0 atom stereocenters. The Kier molecular flexibility index (Phi) is 8.28. The van der Waals surface area contributed by atoms with Crippen LogP contribution in [0.4, 0.5) is 0 Å². The number of aromatic nitrogens is 3. The summed E-state index contributed by atoms with van der Waals surface area (Å²) >= 11 is 6.71. The van der Waals surface area contributed by atoms with Crippen LogP contribution in [0.1, 0.15) is 51.6 Å². The highest BCUT2D eigenvalue weighted by Crippen LogP contribution is 2.22. The number of hydrogen-bond donors (Lipinski definition) is 1. The standard InChI is InChI=1S/C16H23N3S2.ClHO4/c1-6-12-8-11(10-16(3,4)5)9-13(7-2)19(12)14-17-18-15(20)21-14;2-1(3,4)5/h8-9H,6-7,10H2,1-5H3;(H,2,3,4,5). The number of nitrogens with zero attached hydrogens (tertiary/aromatic N) is 2. The molecule has 0 unspecified atom stereocenters. The van der Waals surface area contributed by atoms with E-state index in [-0.39, 0.29) is 0 Å². The molecule has 0 aliphatic carbocycles. The molecule has 0 radical (unpaired) electrons. The largest absolute Gasteiger partial charge is 0.413 e. The molecule has 146 valence electrons. The van der Waals surface area contributed by atoms with E-state index in [9.17, 15) is 0 Å². The van der Waals surface area contributed by atoms with Crippen molar-refractivity contribution in [2.45, 2.75) is 53.9 Å². The maximum absolute atomic E-state index is 8.49. The molecule has 10 heteroatoms. The van der Waals surface area contributed by atoms with Crippen molar-refractivity contribution in [2.24, 2.45) is 5.41 Å². The molecule has 2 aromatic rings. The smallest absolute Gasteiger partial charge is 0.222 e. The van der Waals surface area contributed by atoms with Gasteiger partial charge in [0.2, 0.25) is 3.95 Å². The van der Waals surface area contributed by atoms with Crippen LogP contribution in [0.3, 0.4) is 0 Å². The van der Waals surface area contributed by atoms with E-state index in [4.69, 9.17) is 30.9 Å². The van der Waals surface area contributed by atoms with Crippen LogP contribution in [0.5, 0.6) is 0 Å². The number of halogens is 1. The van der Waals surface area contributed by atoms with E-state index in [0.29, 0.717) is 5.41 Å². The zero-order valence-electron chi connectivity index (χ0n) is 15.5. The van der Waals surface area contributed by atoms with E-state index in [2.05, 4.69) is 61.5 Å².